The predicted molar refractivity (Wildman–Crippen MR) is 33.7 cm³/mol. The monoisotopic (exact) mass is 195 g/mol. The highest BCUT2D eigenvalue weighted by Crippen LogP contribution is 1.83. The molecule has 0 heterocycles. The number of hydrogen-bond donors (Lipinski definition) is 1. The fourth-order valence-electron chi connectivity index (χ4n) is 0.224. The van der Waals surface area contributed by atoms with Crippen molar-refractivity contribution in [1.29, 1.82) is 0 Å². The SMILES string of the molecule is CC(=O)NCC(=O)OBr. The van der Waals surface area contributed by atoms with Gasteiger partial charge < -0.3 is 9.15 Å². The van der Waals surface area contributed by atoms with Crippen molar-refractivity contribution < 1.29 is 13.4 Å². The summed E-state index contributed by atoms with van der Waals surface area (Å²) in [7, 11) is 0. The normalized spacial score (nSPS) is 8.22. The Morgan fingerprint density at radius 3 is 2.56 bits per heavy atom. The standard InChI is InChI=1S/C4H6BrNO3/c1-3(7)6-2-4(8)9-5/h2H2,1H3,(H,6,7). The highest BCUT2D eigenvalue weighted by molar-refractivity contribution is 9.06. The Morgan fingerprint density at radius 1 is 1.67 bits per heavy atom. The fraction of sp³-hybridized carbons (Fsp3) is 0.500. The molecule has 5 heteroatoms. The highest BCUT2D eigenvalue weighted by Gasteiger charge is 1.99. The van der Waals surface area contributed by atoms with Crippen molar-refractivity contribution in [1.82, 2.24) is 5.32 Å². The molecule has 0 saturated carbocycles. The lowest BCUT2D eigenvalue weighted by atomic mass is 10.6. The maximum atomic E-state index is 10.2. The van der Waals surface area contributed by atoms with Gasteiger partial charge in [-0.2, -0.15) is 0 Å². The van der Waals surface area contributed by atoms with E-state index >= 15 is 0 Å². The molecule has 9 heavy (non-hydrogen) atoms. The van der Waals surface area contributed by atoms with Crippen molar-refractivity contribution in [3.05, 3.63) is 0 Å². The summed E-state index contributed by atoms with van der Waals surface area (Å²) in [5, 5.41) is 2.25. The Labute approximate surface area is 61.0 Å². The van der Waals surface area contributed by atoms with Gasteiger partial charge in [0.05, 0.1) is 0 Å². The summed E-state index contributed by atoms with van der Waals surface area (Å²) >= 11 is 2.46. The minimum atomic E-state index is -0.523. The first-order chi connectivity index (χ1) is 4.16. The van der Waals surface area contributed by atoms with Crippen molar-refractivity contribution in [2.24, 2.45) is 0 Å². The molecule has 0 aromatic carbocycles. The number of rotatable bonds is 2. The summed E-state index contributed by atoms with van der Waals surface area (Å²) in [4.78, 5) is 20.4. The van der Waals surface area contributed by atoms with Crippen LogP contribution in [0.5, 0.6) is 0 Å². The molecule has 0 bridgehead atoms. The molecule has 0 aliphatic carbocycles. The van der Waals surface area contributed by atoms with Gasteiger partial charge >= 0.3 is 5.97 Å². The molecule has 0 saturated heterocycles. The first-order valence-electron chi connectivity index (χ1n) is 2.22. The molecule has 0 aromatic rings. The van der Waals surface area contributed by atoms with Crippen LogP contribution in [-0.4, -0.2) is 18.4 Å². The topological polar surface area (TPSA) is 55.4 Å². The van der Waals surface area contributed by atoms with E-state index in [1.807, 2.05) is 0 Å². The van der Waals surface area contributed by atoms with Crippen LogP contribution in [0.4, 0.5) is 0 Å². The van der Waals surface area contributed by atoms with E-state index < -0.39 is 5.97 Å². The average molecular weight is 196 g/mol. The summed E-state index contributed by atoms with van der Waals surface area (Å²) in [6.45, 7) is 1.22. The van der Waals surface area contributed by atoms with Gasteiger partial charge in [0.2, 0.25) is 5.91 Å². The van der Waals surface area contributed by atoms with Crippen molar-refractivity contribution >= 4 is 28.1 Å². The van der Waals surface area contributed by atoms with E-state index in [9.17, 15) is 9.59 Å². The van der Waals surface area contributed by atoms with Gasteiger partial charge in [-0.05, 0) is 0 Å². The van der Waals surface area contributed by atoms with Crippen LogP contribution in [0.15, 0.2) is 0 Å². The van der Waals surface area contributed by atoms with Crippen LogP contribution < -0.4 is 5.32 Å². The second-order valence-corrected chi connectivity index (χ2v) is 1.68. The second-order valence-electron chi connectivity index (χ2n) is 1.36. The lowest BCUT2D eigenvalue weighted by Gasteiger charge is -1.95. The van der Waals surface area contributed by atoms with Gasteiger partial charge in [-0.15, -0.1) is 0 Å². The zero-order valence-electron chi connectivity index (χ0n) is 4.81. The lowest BCUT2D eigenvalue weighted by molar-refractivity contribution is -0.133. The summed E-state index contributed by atoms with van der Waals surface area (Å²) in [5.74, 6) is -0.780. The molecule has 1 amide bonds. The molecule has 0 atom stereocenters. The Bertz CT molecular complexity index is 125. The van der Waals surface area contributed by atoms with Gasteiger partial charge in [-0.1, -0.05) is 0 Å². The average Bonchev–Trinajstić information content (AvgIpc) is 1.83. The summed E-state index contributed by atoms with van der Waals surface area (Å²) in [5.41, 5.74) is 0. The van der Waals surface area contributed by atoms with Crippen molar-refractivity contribution in [3.63, 3.8) is 0 Å². The van der Waals surface area contributed by atoms with Crippen LogP contribution in [0, 0.1) is 0 Å². The van der Waals surface area contributed by atoms with Gasteiger partial charge in [-0.3, -0.25) is 4.79 Å². The first-order valence-corrected chi connectivity index (χ1v) is 2.87. The minimum absolute atomic E-state index is 0.0966. The summed E-state index contributed by atoms with van der Waals surface area (Å²) in [6, 6.07) is 0. The molecule has 0 aliphatic rings. The molecule has 4 nitrogen and oxygen atoms in total. The Morgan fingerprint density at radius 2 is 2.22 bits per heavy atom. The molecule has 0 fully saturated rings. The third-order valence-corrected chi connectivity index (χ3v) is 0.929. The third-order valence-electron chi connectivity index (χ3n) is 0.568. The van der Waals surface area contributed by atoms with Crippen molar-refractivity contribution in [2.45, 2.75) is 6.92 Å². The highest BCUT2D eigenvalue weighted by atomic mass is 79.9. The molecule has 1 N–H and O–H groups in total. The van der Waals surface area contributed by atoms with Gasteiger partial charge in [0.1, 0.15) is 6.54 Å². The third kappa shape index (κ3) is 5.29. The largest absolute Gasteiger partial charge is 0.382 e. The molecule has 0 aromatic heterocycles. The fourth-order valence-corrected chi connectivity index (χ4v) is 0.338. The lowest BCUT2D eigenvalue weighted by Crippen LogP contribution is -2.26. The van der Waals surface area contributed by atoms with E-state index in [4.69, 9.17) is 0 Å². The Hall–Kier alpha value is -0.580. The quantitative estimate of drug-likeness (QED) is 0.674. The molecular weight excluding hydrogens is 190 g/mol. The maximum absolute atomic E-state index is 10.2. The zero-order valence-corrected chi connectivity index (χ0v) is 6.40. The minimum Gasteiger partial charge on any atom is -0.382 e. The molecule has 0 unspecified atom stereocenters. The number of hydrogen-bond acceptors (Lipinski definition) is 3. The van der Waals surface area contributed by atoms with Crippen molar-refractivity contribution in [3.8, 4) is 0 Å². The van der Waals surface area contributed by atoms with Crippen LogP contribution in [-0.2, 0) is 13.4 Å². The Kier molecular flexibility index (Phi) is 4.04. The number of halogens is 1. The Balaban J connectivity index is 3.28. The van der Waals surface area contributed by atoms with E-state index in [1.165, 1.54) is 6.92 Å². The van der Waals surface area contributed by atoms with Gasteiger partial charge in [0.15, 0.2) is 16.3 Å². The molecule has 52 valence electrons. The maximum Gasteiger partial charge on any atom is 0.336 e. The molecule has 0 rings (SSSR count). The predicted octanol–water partition coefficient (Wildman–Crippen LogP) is -0.0244. The zero-order chi connectivity index (χ0) is 7.28. The summed E-state index contributed by atoms with van der Waals surface area (Å²) < 4.78 is 4.06. The van der Waals surface area contributed by atoms with Crippen LogP contribution in [0.25, 0.3) is 0 Å². The van der Waals surface area contributed by atoms with E-state index in [-0.39, 0.29) is 12.5 Å². The summed E-state index contributed by atoms with van der Waals surface area (Å²) in [6.07, 6.45) is 0. The molecule has 0 radical (unpaired) electrons. The molecule has 0 spiro atoms. The van der Waals surface area contributed by atoms with E-state index in [1.54, 1.807) is 0 Å². The number of amides is 1. The second kappa shape index (κ2) is 4.31. The number of carbonyl (C=O) groups excluding carboxylic acids is 2. The van der Waals surface area contributed by atoms with Gasteiger partial charge in [0, 0.05) is 6.92 Å². The van der Waals surface area contributed by atoms with E-state index in [2.05, 4.69) is 25.4 Å². The van der Waals surface area contributed by atoms with E-state index in [0.29, 0.717) is 0 Å². The molecular formula is C4H6BrNO3. The van der Waals surface area contributed by atoms with Crippen LogP contribution in [0.3, 0.4) is 0 Å². The van der Waals surface area contributed by atoms with Crippen molar-refractivity contribution in [2.75, 3.05) is 6.54 Å². The van der Waals surface area contributed by atoms with Gasteiger partial charge in [0.25, 0.3) is 0 Å². The number of nitrogens with one attached hydrogen (secondary N) is 1. The van der Waals surface area contributed by atoms with Gasteiger partial charge in [-0.25, -0.2) is 4.79 Å². The van der Waals surface area contributed by atoms with Crippen LogP contribution in [0.2, 0.25) is 0 Å². The smallest absolute Gasteiger partial charge is 0.336 e. The van der Waals surface area contributed by atoms with Crippen LogP contribution >= 0.6 is 16.3 Å². The number of carbonyl (C=O) groups is 2. The first kappa shape index (κ1) is 8.42. The van der Waals surface area contributed by atoms with E-state index in [0.717, 1.165) is 0 Å². The molecule has 0 aliphatic heterocycles. The van der Waals surface area contributed by atoms with Crippen LogP contribution in [0.1, 0.15) is 6.92 Å².